The summed E-state index contributed by atoms with van der Waals surface area (Å²) in [5.41, 5.74) is 0. The summed E-state index contributed by atoms with van der Waals surface area (Å²) in [6.07, 6.45) is 5.41. The normalized spacial score (nSPS) is 29.6. The third-order valence-corrected chi connectivity index (χ3v) is 3.92. The highest BCUT2D eigenvalue weighted by atomic mass is 16.5. The van der Waals surface area contributed by atoms with Crippen molar-refractivity contribution in [2.75, 3.05) is 13.2 Å². The molecule has 94 valence electrons. The summed E-state index contributed by atoms with van der Waals surface area (Å²) < 4.78 is 5.57. The Balaban J connectivity index is 2.12. The van der Waals surface area contributed by atoms with Crippen LogP contribution in [0.1, 0.15) is 52.9 Å². The van der Waals surface area contributed by atoms with Gasteiger partial charge in [0.25, 0.3) is 0 Å². The van der Waals surface area contributed by atoms with Gasteiger partial charge in [-0.25, -0.2) is 0 Å². The first-order chi connectivity index (χ1) is 7.65. The molecule has 2 atom stereocenters. The molecule has 0 aliphatic heterocycles. The number of ketones is 1. The van der Waals surface area contributed by atoms with E-state index in [2.05, 4.69) is 20.8 Å². The molecule has 2 heteroatoms. The molecule has 16 heavy (non-hydrogen) atoms. The Bertz CT molecular complexity index is 203. The van der Waals surface area contributed by atoms with Crippen LogP contribution in [-0.2, 0) is 9.53 Å². The van der Waals surface area contributed by atoms with E-state index in [0.29, 0.717) is 18.9 Å². The Labute approximate surface area is 99.8 Å². The molecular weight excluding hydrogens is 200 g/mol. The van der Waals surface area contributed by atoms with Crippen LogP contribution in [0.15, 0.2) is 0 Å². The van der Waals surface area contributed by atoms with E-state index in [9.17, 15) is 4.79 Å². The van der Waals surface area contributed by atoms with E-state index in [1.807, 2.05) is 0 Å². The van der Waals surface area contributed by atoms with Crippen LogP contribution >= 0.6 is 0 Å². The van der Waals surface area contributed by atoms with Gasteiger partial charge in [0.2, 0.25) is 0 Å². The van der Waals surface area contributed by atoms with E-state index in [-0.39, 0.29) is 5.78 Å². The first-order valence-electron chi connectivity index (χ1n) is 6.74. The van der Waals surface area contributed by atoms with E-state index in [1.54, 1.807) is 0 Å². The molecule has 1 saturated carbocycles. The third kappa shape index (κ3) is 4.25. The zero-order valence-corrected chi connectivity index (χ0v) is 11.0. The largest absolute Gasteiger partial charge is 0.373 e. The van der Waals surface area contributed by atoms with Crippen LogP contribution in [0.3, 0.4) is 0 Å². The van der Waals surface area contributed by atoms with Crippen LogP contribution in [0.25, 0.3) is 0 Å². The van der Waals surface area contributed by atoms with Crippen molar-refractivity contribution in [3.05, 3.63) is 0 Å². The second kappa shape index (κ2) is 7.05. The van der Waals surface area contributed by atoms with Crippen LogP contribution in [0, 0.1) is 17.8 Å². The molecule has 2 nitrogen and oxygen atoms in total. The fraction of sp³-hybridized carbons (Fsp3) is 0.929. The molecule has 1 aliphatic carbocycles. The fourth-order valence-electron chi connectivity index (χ4n) is 2.60. The van der Waals surface area contributed by atoms with Crippen molar-refractivity contribution < 1.29 is 9.53 Å². The number of unbranched alkanes of at least 4 members (excludes halogenated alkanes) is 1. The second-order valence-corrected chi connectivity index (χ2v) is 5.35. The minimum atomic E-state index is 0.264. The molecule has 0 aromatic rings. The maximum atomic E-state index is 11.4. The minimum Gasteiger partial charge on any atom is -0.373 e. The summed E-state index contributed by atoms with van der Waals surface area (Å²) in [5.74, 6) is 2.46. The van der Waals surface area contributed by atoms with E-state index >= 15 is 0 Å². The van der Waals surface area contributed by atoms with Crippen molar-refractivity contribution >= 4 is 5.78 Å². The molecular formula is C14H26O2. The average Bonchev–Trinajstić information content (AvgIpc) is 2.57. The zero-order valence-electron chi connectivity index (χ0n) is 11.0. The molecule has 1 aliphatic rings. The average molecular weight is 226 g/mol. The van der Waals surface area contributed by atoms with Gasteiger partial charge in [0.1, 0.15) is 6.61 Å². The fourth-order valence-corrected chi connectivity index (χ4v) is 2.60. The lowest BCUT2D eigenvalue weighted by Gasteiger charge is -2.19. The highest BCUT2D eigenvalue weighted by Gasteiger charge is 2.30. The van der Waals surface area contributed by atoms with Crippen LogP contribution in [-0.4, -0.2) is 19.0 Å². The SMILES string of the molecule is CCCCC(=O)COCC1C(C)CCC1C. The summed E-state index contributed by atoms with van der Waals surface area (Å²) >= 11 is 0. The van der Waals surface area contributed by atoms with Crippen molar-refractivity contribution in [2.45, 2.75) is 52.9 Å². The first kappa shape index (κ1) is 13.7. The highest BCUT2D eigenvalue weighted by Crippen LogP contribution is 2.36. The molecule has 0 radical (unpaired) electrons. The van der Waals surface area contributed by atoms with E-state index in [0.717, 1.165) is 31.3 Å². The van der Waals surface area contributed by atoms with E-state index in [1.165, 1.54) is 12.8 Å². The Morgan fingerprint density at radius 1 is 1.25 bits per heavy atom. The monoisotopic (exact) mass is 226 g/mol. The minimum absolute atomic E-state index is 0.264. The smallest absolute Gasteiger partial charge is 0.158 e. The standard InChI is InChI=1S/C14H26O2/c1-4-5-6-13(15)9-16-10-14-11(2)7-8-12(14)3/h11-12,14H,4-10H2,1-3H3. The molecule has 0 N–H and O–H groups in total. The van der Waals surface area contributed by atoms with Gasteiger partial charge in [-0.15, -0.1) is 0 Å². The molecule has 0 bridgehead atoms. The number of carbonyl (C=O) groups is 1. The summed E-state index contributed by atoms with van der Waals surface area (Å²) in [4.78, 5) is 11.4. The van der Waals surface area contributed by atoms with Crippen molar-refractivity contribution in [3.8, 4) is 0 Å². The first-order valence-corrected chi connectivity index (χ1v) is 6.74. The molecule has 2 unspecified atom stereocenters. The molecule has 0 amide bonds. The zero-order chi connectivity index (χ0) is 12.0. The maximum absolute atomic E-state index is 11.4. The lowest BCUT2D eigenvalue weighted by molar-refractivity contribution is -0.124. The molecule has 1 fully saturated rings. The number of hydrogen-bond acceptors (Lipinski definition) is 2. The van der Waals surface area contributed by atoms with E-state index in [4.69, 9.17) is 4.74 Å². The quantitative estimate of drug-likeness (QED) is 0.664. The molecule has 0 spiro atoms. The molecule has 0 heterocycles. The van der Waals surface area contributed by atoms with Crippen LogP contribution in [0.2, 0.25) is 0 Å². The van der Waals surface area contributed by atoms with Gasteiger partial charge in [-0.05, 0) is 24.2 Å². The summed E-state index contributed by atoms with van der Waals surface area (Å²) in [7, 11) is 0. The lowest BCUT2D eigenvalue weighted by atomic mass is 9.93. The van der Waals surface area contributed by atoms with Crippen LogP contribution < -0.4 is 0 Å². The second-order valence-electron chi connectivity index (χ2n) is 5.35. The summed E-state index contributed by atoms with van der Waals surface area (Å²) in [6, 6.07) is 0. The van der Waals surface area contributed by atoms with Gasteiger partial charge in [-0.3, -0.25) is 4.79 Å². The van der Waals surface area contributed by atoms with Crippen molar-refractivity contribution in [1.29, 1.82) is 0 Å². The highest BCUT2D eigenvalue weighted by molar-refractivity contribution is 5.79. The van der Waals surface area contributed by atoms with Crippen molar-refractivity contribution in [2.24, 2.45) is 17.8 Å². The Morgan fingerprint density at radius 3 is 2.44 bits per heavy atom. The van der Waals surface area contributed by atoms with Crippen LogP contribution in [0.5, 0.6) is 0 Å². The molecule has 0 aromatic heterocycles. The van der Waals surface area contributed by atoms with Gasteiger partial charge < -0.3 is 4.74 Å². The molecule has 1 rings (SSSR count). The molecule has 0 aromatic carbocycles. The molecule has 0 saturated heterocycles. The number of Topliss-reactive ketones (excluding diaryl/α,β-unsaturated/α-hetero) is 1. The lowest BCUT2D eigenvalue weighted by Crippen LogP contribution is -2.20. The van der Waals surface area contributed by atoms with Gasteiger partial charge in [-0.2, -0.15) is 0 Å². The van der Waals surface area contributed by atoms with Gasteiger partial charge in [0, 0.05) is 6.42 Å². The third-order valence-electron chi connectivity index (χ3n) is 3.92. The predicted octanol–water partition coefficient (Wildman–Crippen LogP) is 3.44. The van der Waals surface area contributed by atoms with Crippen molar-refractivity contribution in [3.63, 3.8) is 0 Å². The van der Waals surface area contributed by atoms with Gasteiger partial charge >= 0.3 is 0 Å². The maximum Gasteiger partial charge on any atom is 0.158 e. The topological polar surface area (TPSA) is 26.3 Å². The van der Waals surface area contributed by atoms with Crippen molar-refractivity contribution in [1.82, 2.24) is 0 Å². The number of carbonyl (C=O) groups excluding carboxylic acids is 1. The number of ether oxygens (including phenoxy) is 1. The Kier molecular flexibility index (Phi) is 6.04. The van der Waals surface area contributed by atoms with Gasteiger partial charge in [-0.1, -0.05) is 40.0 Å². The number of rotatable bonds is 7. The summed E-state index contributed by atoms with van der Waals surface area (Å²) in [6.45, 7) is 7.82. The number of hydrogen-bond donors (Lipinski definition) is 0. The van der Waals surface area contributed by atoms with E-state index < -0.39 is 0 Å². The Hall–Kier alpha value is -0.370. The Morgan fingerprint density at radius 2 is 1.88 bits per heavy atom. The van der Waals surface area contributed by atoms with Gasteiger partial charge in [0.15, 0.2) is 5.78 Å². The summed E-state index contributed by atoms with van der Waals surface area (Å²) in [5, 5.41) is 0. The predicted molar refractivity (Wildman–Crippen MR) is 66.4 cm³/mol. The van der Waals surface area contributed by atoms with Crippen LogP contribution in [0.4, 0.5) is 0 Å². The van der Waals surface area contributed by atoms with Gasteiger partial charge in [0.05, 0.1) is 6.61 Å².